The highest BCUT2D eigenvalue weighted by atomic mass is 16.5. The van der Waals surface area contributed by atoms with Crippen LogP contribution in [0.4, 0.5) is 5.69 Å². The normalized spacial score (nSPS) is 11.9. The van der Waals surface area contributed by atoms with E-state index in [-0.39, 0.29) is 0 Å². The number of para-hydroxylation sites is 2. The largest absolute Gasteiger partial charge is 0.495 e. The molecule has 1 atom stereocenters. The molecule has 0 saturated carbocycles. The van der Waals surface area contributed by atoms with Gasteiger partial charge < -0.3 is 20.3 Å². The highest BCUT2D eigenvalue weighted by molar-refractivity contribution is 5.78. The highest BCUT2D eigenvalue weighted by Gasteiger charge is 2.16. The Labute approximate surface area is 87.3 Å². The molecule has 15 heavy (non-hydrogen) atoms. The van der Waals surface area contributed by atoms with Gasteiger partial charge in [0.15, 0.2) is 0 Å². The number of aliphatic hydroxyl groups excluding tert-OH is 1. The third-order valence-electron chi connectivity index (χ3n) is 1.92. The van der Waals surface area contributed by atoms with E-state index >= 15 is 0 Å². The molecular formula is C10H13NO4. The lowest BCUT2D eigenvalue weighted by atomic mass is 10.2. The van der Waals surface area contributed by atoms with Crippen LogP contribution in [0.15, 0.2) is 24.3 Å². The maximum atomic E-state index is 10.7. The van der Waals surface area contributed by atoms with Gasteiger partial charge in [0, 0.05) is 0 Å². The summed E-state index contributed by atoms with van der Waals surface area (Å²) >= 11 is 0. The molecule has 1 aromatic carbocycles. The number of aliphatic hydroxyl groups is 1. The molecule has 0 amide bonds. The number of aliphatic carboxylic acids is 1. The molecular weight excluding hydrogens is 198 g/mol. The van der Waals surface area contributed by atoms with E-state index in [0.29, 0.717) is 11.4 Å². The van der Waals surface area contributed by atoms with Crippen LogP contribution in [0.2, 0.25) is 0 Å². The molecule has 0 aliphatic rings. The van der Waals surface area contributed by atoms with Crippen molar-refractivity contribution in [1.82, 2.24) is 0 Å². The summed E-state index contributed by atoms with van der Waals surface area (Å²) in [4.78, 5) is 10.7. The summed E-state index contributed by atoms with van der Waals surface area (Å²) in [5.41, 5.74) is 0.543. The lowest BCUT2D eigenvalue weighted by Gasteiger charge is -2.15. The first-order valence-corrected chi connectivity index (χ1v) is 4.42. The molecule has 1 unspecified atom stereocenters. The number of nitrogens with one attached hydrogen (secondary N) is 1. The molecule has 0 heterocycles. The smallest absolute Gasteiger partial charge is 0.328 e. The monoisotopic (exact) mass is 211 g/mol. The molecule has 82 valence electrons. The Morgan fingerprint density at radius 3 is 2.73 bits per heavy atom. The molecule has 0 aliphatic heterocycles. The first-order valence-electron chi connectivity index (χ1n) is 4.42. The molecule has 0 fully saturated rings. The zero-order valence-corrected chi connectivity index (χ0v) is 8.30. The minimum Gasteiger partial charge on any atom is -0.495 e. The number of carboxylic acid groups (broad SMARTS) is 1. The Balaban J connectivity index is 2.82. The zero-order chi connectivity index (χ0) is 11.3. The van der Waals surface area contributed by atoms with Gasteiger partial charge in [-0.25, -0.2) is 4.79 Å². The predicted octanol–water partition coefficient (Wildman–Crippen LogP) is 0.553. The van der Waals surface area contributed by atoms with Crippen LogP contribution in [-0.4, -0.2) is 35.9 Å². The summed E-state index contributed by atoms with van der Waals surface area (Å²) in [5, 5.41) is 20.2. The molecule has 1 rings (SSSR count). The van der Waals surface area contributed by atoms with Crippen molar-refractivity contribution in [2.75, 3.05) is 19.0 Å². The minimum absolute atomic E-state index is 0.479. The van der Waals surface area contributed by atoms with E-state index in [0.717, 1.165) is 0 Å². The average molecular weight is 211 g/mol. The van der Waals surface area contributed by atoms with Crippen LogP contribution < -0.4 is 10.1 Å². The van der Waals surface area contributed by atoms with Crippen LogP contribution in [0.5, 0.6) is 5.75 Å². The van der Waals surface area contributed by atoms with E-state index in [1.807, 2.05) is 0 Å². The summed E-state index contributed by atoms with van der Waals surface area (Å²) in [5.74, 6) is -0.569. The van der Waals surface area contributed by atoms with E-state index < -0.39 is 18.6 Å². The zero-order valence-electron chi connectivity index (χ0n) is 8.30. The van der Waals surface area contributed by atoms with Crippen LogP contribution in [0.1, 0.15) is 0 Å². The fourth-order valence-corrected chi connectivity index (χ4v) is 1.14. The van der Waals surface area contributed by atoms with Crippen molar-refractivity contribution >= 4 is 11.7 Å². The van der Waals surface area contributed by atoms with E-state index in [2.05, 4.69) is 5.32 Å². The van der Waals surface area contributed by atoms with E-state index in [4.69, 9.17) is 14.9 Å². The Kier molecular flexibility index (Phi) is 3.93. The number of carbonyl (C=O) groups is 1. The average Bonchev–Trinajstić information content (AvgIpc) is 2.25. The number of benzene rings is 1. The second kappa shape index (κ2) is 5.21. The van der Waals surface area contributed by atoms with Crippen LogP contribution in [0, 0.1) is 0 Å². The van der Waals surface area contributed by atoms with Gasteiger partial charge in [0.2, 0.25) is 0 Å². The number of carboxylic acids is 1. The van der Waals surface area contributed by atoms with Crippen molar-refractivity contribution in [3.63, 3.8) is 0 Å². The van der Waals surface area contributed by atoms with Gasteiger partial charge in [-0.2, -0.15) is 0 Å². The number of rotatable bonds is 5. The number of methoxy groups -OCH3 is 1. The molecule has 0 aromatic heterocycles. The van der Waals surface area contributed by atoms with Crippen LogP contribution >= 0.6 is 0 Å². The quantitative estimate of drug-likeness (QED) is 0.663. The lowest BCUT2D eigenvalue weighted by Crippen LogP contribution is -2.32. The van der Waals surface area contributed by atoms with Gasteiger partial charge >= 0.3 is 5.97 Å². The summed E-state index contributed by atoms with van der Waals surface area (Å²) in [7, 11) is 1.50. The van der Waals surface area contributed by atoms with Gasteiger partial charge in [-0.3, -0.25) is 0 Å². The van der Waals surface area contributed by atoms with Crippen molar-refractivity contribution in [3.05, 3.63) is 24.3 Å². The molecule has 0 aliphatic carbocycles. The van der Waals surface area contributed by atoms with Gasteiger partial charge in [-0.15, -0.1) is 0 Å². The second-order valence-electron chi connectivity index (χ2n) is 2.92. The van der Waals surface area contributed by atoms with Crippen LogP contribution in [0.25, 0.3) is 0 Å². The first kappa shape index (κ1) is 11.3. The number of ether oxygens (including phenoxy) is 1. The standard InChI is InChI=1S/C10H13NO4/c1-15-9-5-3-2-4-7(9)11-8(6-12)10(13)14/h2-5,8,11-12H,6H2,1H3,(H,13,14). The second-order valence-corrected chi connectivity index (χ2v) is 2.92. The van der Waals surface area contributed by atoms with E-state index in [9.17, 15) is 4.79 Å². The summed E-state index contributed by atoms with van der Waals surface area (Å²) < 4.78 is 5.03. The fraction of sp³-hybridized carbons (Fsp3) is 0.300. The Bertz CT molecular complexity index is 340. The number of hydrogen-bond acceptors (Lipinski definition) is 4. The van der Waals surface area contributed by atoms with Crippen molar-refractivity contribution < 1.29 is 19.7 Å². The molecule has 5 nitrogen and oxygen atoms in total. The molecule has 5 heteroatoms. The Morgan fingerprint density at radius 1 is 1.53 bits per heavy atom. The summed E-state index contributed by atoms with van der Waals surface area (Å²) in [6.45, 7) is -0.479. The lowest BCUT2D eigenvalue weighted by molar-refractivity contribution is -0.138. The van der Waals surface area contributed by atoms with Gasteiger partial charge in [0.1, 0.15) is 11.8 Å². The maximum Gasteiger partial charge on any atom is 0.328 e. The topological polar surface area (TPSA) is 78.8 Å². The molecule has 0 spiro atoms. The molecule has 3 N–H and O–H groups in total. The third kappa shape index (κ3) is 2.85. The first-order chi connectivity index (χ1) is 7.19. The van der Waals surface area contributed by atoms with Gasteiger partial charge in [-0.1, -0.05) is 12.1 Å². The molecule has 0 bridgehead atoms. The summed E-state index contributed by atoms with van der Waals surface area (Å²) in [6, 6.07) is 5.89. The Hall–Kier alpha value is -1.75. The minimum atomic E-state index is -1.11. The van der Waals surface area contributed by atoms with Gasteiger partial charge in [0.05, 0.1) is 19.4 Å². The van der Waals surface area contributed by atoms with Crippen LogP contribution in [-0.2, 0) is 4.79 Å². The summed E-state index contributed by atoms with van der Waals surface area (Å²) in [6.07, 6.45) is 0. The van der Waals surface area contributed by atoms with Crippen molar-refractivity contribution in [2.45, 2.75) is 6.04 Å². The van der Waals surface area contributed by atoms with Crippen molar-refractivity contribution in [2.24, 2.45) is 0 Å². The van der Waals surface area contributed by atoms with Gasteiger partial charge in [0.25, 0.3) is 0 Å². The third-order valence-corrected chi connectivity index (χ3v) is 1.92. The Morgan fingerprint density at radius 2 is 2.20 bits per heavy atom. The molecule has 0 radical (unpaired) electrons. The maximum absolute atomic E-state index is 10.7. The number of hydrogen-bond donors (Lipinski definition) is 3. The predicted molar refractivity (Wildman–Crippen MR) is 55.1 cm³/mol. The molecule has 0 saturated heterocycles. The number of anilines is 1. The SMILES string of the molecule is COc1ccccc1NC(CO)C(=O)O. The van der Waals surface area contributed by atoms with E-state index in [1.54, 1.807) is 24.3 Å². The van der Waals surface area contributed by atoms with Crippen LogP contribution in [0.3, 0.4) is 0 Å². The van der Waals surface area contributed by atoms with Gasteiger partial charge in [-0.05, 0) is 12.1 Å². The van der Waals surface area contributed by atoms with Crippen molar-refractivity contribution in [3.8, 4) is 5.75 Å². The fourth-order valence-electron chi connectivity index (χ4n) is 1.14. The molecule has 1 aromatic rings. The highest BCUT2D eigenvalue weighted by Crippen LogP contribution is 2.23. The van der Waals surface area contributed by atoms with E-state index in [1.165, 1.54) is 7.11 Å². The van der Waals surface area contributed by atoms with Crippen molar-refractivity contribution in [1.29, 1.82) is 0 Å².